The molecule has 7 nitrogen and oxygen atoms in total. The van der Waals surface area contributed by atoms with Crippen molar-refractivity contribution in [2.24, 2.45) is 5.73 Å². The number of amides is 2. The molecule has 2 unspecified atom stereocenters. The van der Waals surface area contributed by atoms with Crippen LogP contribution in [0.2, 0.25) is 0 Å². The van der Waals surface area contributed by atoms with Gasteiger partial charge in [-0.15, -0.1) is 0 Å². The first-order valence-electron chi connectivity index (χ1n) is 5.46. The summed E-state index contributed by atoms with van der Waals surface area (Å²) in [5, 5.41) is 9.77. The van der Waals surface area contributed by atoms with Crippen LogP contribution >= 0.6 is 0 Å². The SMILES string of the molecule is COC(C)OCc1ccc(C(C)N(O)C(N)=O)o1. The van der Waals surface area contributed by atoms with Gasteiger partial charge < -0.3 is 19.6 Å². The lowest BCUT2D eigenvalue weighted by molar-refractivity contribution is -0.122. The summed E-state index contributed by atoms with van der Waals surface area (Å²) in [6, 6.07) is 1.75. The average molecular weight is 258 g/mol. The van der Waals surface area contributed by atoms with Crippen LogP contribution in [0.4, 0.5) is 4.79 Å². The standard InChI is InChI=1S/C11H18N2O5/c1-7(13(15)11(12)14)10-5-4-9(18-10)6-17-8(2)16-3/h4-5,7-8,15H,6H2,1-3H3,(H2,12,14). The third kappa shape index (κ3) is 3.73. The Kier molecular flexibility index (Phi) is 5.14. The number of rotatable bonds is 6. The van der Waals surface area contributed by atoms with E-state index in [0.29, 0.717) is 16.6 Å². The van der Waals surface area contributed by atoms with Crippen LogP contribution in [0, 0.1) is 0 Å². The fourth-order valence-corrected chi connectivity index (χ4v) is 1.28. The minimum Gasteiger partial charge on any atom is -0.461 e. The second-order valence-electron chi connectivity index (χ2n) is 3.78. The van der Waals surface area contributed by atoms with E-state index in [-0.39, 0.29) is 12.9 Å². The number of hydrogen-bond acceptors (Lipinski definition) is 5. The van der Waals surface area contributed by atoms with Gasteiger partial charge in [0.2, 0.25) is 0 Å². The molecule has 0 saturated carbocycles. The highest BCUT2D eigenvalue weighted by molar-refractivity contribution is 5.70. The van der Waals surface area contributed by atoms with Crippen molar-refractivity contribution in [3.63, 3.8) is 0 Å². The van der Waals surface area contributed by atoms with Gasteiger partial charge in [-0.25, -0.2) is 4.79 Å². The summed E-state index contributed by atoms with van der Waals surface area (Å²) in [6.07, 6.45) is -0.337. The lowest BCUT2D eigenvalue weighted by Gasteiger charge is -2.18. The Balaban J connectivity index is 2.60. The molecule has 7 heteroatoms. The van der Waals surface area contributed by atoms with E-state index in [9.17, 15) is 10.0 Å². The van der Waals surface area contributed by atoms with E-state index >= 15 is 0 Å². The first-order chi connectivity index (χ1) is 8.45. The maximum Gasteiger partial charge on any atom is 0.339 e. The molecule has 0 aliphatic carbocycles. The molecule has 1 rings (SSSR count). The average Bonchev–Trinajstić information content (AvgIpc) is 2.82. The first-order valence-corrected chi connectivity index (χ1v) is 5.46. The van der Waals surface area contributed by atoms with Crippen LogP contribution in [-0.4, -0.2) is 29.7 Å². The summed E-state index contributed by atoms with van der Waals surface area (Å²) in [5.41, 5.74) is 4.95. The molecule has 0 saturated heterocycles. The second kappa shape index (κ2) is 6.39. The maximum absolute atomic E-state index is 10.8. The van der Waals surface area contributed by atoms with E-state index in [4.69, 9.17) is 19.6 Å². The first kappa shape index (κ1) is 14.5. The Morgan fingerprint density at radius 1 is 1.56 bits per heavy atom. The zero-order valence-electron chi connectivity index (χ0n) is 10.6. The zero-order chi connectivity index (χ0) is 13.7. The summed E-state index contributed by atoms with van der Waals surface area (Å²) in [7, 11) is 1.54. The summed E-state index contributed by atoms with van der Waals surface area (Å²) < 4.78 is 15.6. The molecule has 102 valence electrons. The zero-order valence-corrected chi connectivity index (χ0v) is 10.6. The molecule has 1 aromatic heterocycles. The van der Waals surface area contributed by atoms with Crippen molar-refractivity contribution in [3.8, 4) is 0 Å². The smallest absolute Gasteiger partial charge is 0.339 e. The molecule has 18 heavy (non-hydrogen) atoms. The Labute approximate surface area is 105 Å². The van der Waals surface area contributed by atoms with Gasteiger partial charge in [0, 0.05) is 7.11 Å². The van der Waals surface area contributed by atoms with Crippen molar-refractivity contribution < 1.29 is 23.9 Å². The van der Waals surface area contributed by atoms with E-state index in [1.54, 1.807) is 26.0 Å². The van der Waals surface area contributed by atoms with Gasteiger partial charge in [-0.2, -0.15) is 5.06 Å². The van der Waals surface area contributed by atoms with Crippen LogP contribution in [0.15, 0.2) is 16.5 Å². The fourth-order valence-electron chi connectivity index (χ4n) is 1.28. The topological polar surface area (TPSA) is 98.2 Å². The third-order valence-electron chi connectivity index (χ3n) is 2.48. The van der Waals surface area contributed by atoms with Crippen LogP contribution in [-0.2, 0) is 16.1 Å². The predicted molar refractivity (Wildman–Crippen MR) is 61.6 cm³/mol. The van der Waals surface area contributed by atoms with Crippen molar-refractivity contribution in [1.29, 1.82) is 0 Å². The number of hydroxylamine groups is 2. The Morgan fingerprint density at radius 2 is 2.22 bits per heavy atom. The number of nitrogens with two attached hydrogens (primary N) is 1. The minimum absolute atomic E-state index is 0.240. The molecule has 0 fully saturated rings. The number of hydrogen-bond donors (Lipinski definition) is 2. The largest absolute Gasteiger partial charge is 0.461 e. The van der Waals surface area contributed by atoms with Gasteiger partial charge in [-0.3, -0.25) is 5.21 Å². The van der Waals surface area contributed by atoms with Crippen LogP contribution in [0.3, 0.4) is 0 Å². The number of methoxy groups -OCH3 is 1. The molecule has 1 heterocycles. The number of urea groups is 1. The van der Waals surface area contributed by atoms with Gasteiger partial charge in [0.05, 0.1) is 0 Å². The summed E-state index contributed by atoms with van der Waals surface area (Å²) >= 11 is 0. The van der Waals surface area contributed by atoms with E-state index in [0.717, 1.165) is 0 Å². The Morgan fingerprint density at radius 3 is 2.78 bits per heavy atom. The van der Waals surface area contributed by atoms with Gasteiger partial charge in [0.25, 0.3) is 0 Å². The maximum atomic E-state index is 10.8. The number of primary amides is 1. The van der Waals surface area contributed by atoms with Gasteiger partial charge in [0.15, 0.2) is 6.29 Å². The van der Waals surface area contributed by atoms with E-state index in [1.165, 1.54) is 7.11 Å². The van der Waals surface area contributed by atoms with E-state index in [2.05, 4.69) is 0 Å². The Hall–Kier alpha value is -1.57. The van der Waals surface area contributed by atoms with Crippen molar-refractivity contribution in [2.75, 3.05) is 7.11 Å². The van der Waals surface area contributed by atoms with Crippen molar-refractivity contribution in [2.45, 2.75) is 32.8 Å². The fraction of sp³-hybridized carbons (Fsp3) is 0.545. The summed E-state index contributed by atoms with van der Waals surface area (Å²) in [4.78, 5) is 10.8. The molecule has 0 spiro atoms. The molecule has 1 aromatic rings. The third-order valence-corrected chi connectivity index (χ3v) is 2.48. The van der Waals surface area contributed by atoms with Crippen LogP contribution in [0.5, 0.6) is 0 Å². The molecule has 0 bridgehead atoms. The van der Waals surface area contributed by atoms with Gasteiger partial charge in [-0.05, 0) is 26.0 Å². The molecule has 0 radical (unpaired) electrons. The van der Waals surface area contributed by atoms with Crippen LogP contribution in [0.25, 0.3) is 0 Å². The lowest BCUT2D eigenvalue weighted by atomic mass is 10.2. The highest BCUT2D eigenvalue weighted by atomic mass is 16.7. The normalized spacial score (nSPS) is 14.2. The minimum atomic E-state index is -0.940. The lowest BCUT2D eigenvalue weighted by Crippen LogP contribution is -2.34. The van der Waals surface area contributed by atoms with Crippen LogP contribution < -0.4 is 5.73 Å². The van der Waals surface area contributed by atoms with E-state index < -0.39 is 12.1 Å². The quantitative estimate of drug-likeness (QED) is 0.459. The van der Waals surface area contributed by atoms with Crippen LogP contribution in [0.1, 0.15) is 31.4 Å². The van der Waals surface area contributed by atoms with Gasteiger partial charge >= 0.3 is 6.03 Å². The molecule has 3 N–H and O–H groups in total. The van der Waals surface area contributed by atoms with Crippen molar-refractivity contribution >= 4 is 6.03 Å². The molecule has 0 aliphatic rings. The molecular weight excluding hydrogens is 240 g/mol. The Bertz CT molecular complexity index is 393. The van der Waals surface area contributed by atoms with Crippen molar-refractivity contribution in [1.82, 2.24) is 5.06 Å². The number of carbonyl (C=O) groups excluding carboxylic acids is 1. The van der Waals surface area contributed by atoms with Gasteiger partial charge in [0.1, 0.15) is 24.2 Å². The highest BCUT2D eigenvalue weighted by Crippen LogP contribution is 2.21. The molecular formula is C11H18N2O5. The molecule has 2 amide bonds. The molecule has 2 atom stereocenters. The van der Waals surface area contributed by atoms with Gasteiger partial charge in [-0.1, -0.05) is 0 Å². The van der Waals surface area contributed by atoms with E-state index in [1.807, 2.05) is 0 Å². The number of carbonyl (C=O) groups is 1. The summed E-state index contributed by atoms with van der Waals surface area (Å²) in [6.45, 7) is 3.59. The monoisotopic (exact) mass is 258 g/mol. The highest BCUT2D eigenvalue weighted by Gasteiger charge is 2.20. The molecule has 0 aromatic carbocycles. The number of furan rings is 1. The number of nitrogens with zero attached hydrogens (tertiary/aromatic N) is 1. The second-order valence-corrected chi connectivity index (χ2v) is 3.78. The predicted octanol–water partition coefficient (Wildman–Crippen LogP) is 1.62. The number of ether oxygens (including phenoxy) is 2. The van der Waals surface area contributed by atoms with Crippen molar-refractivity contribution in [3.05, 3.63) is 23.7 Å². The summed E-state index contributed by atoms with van der Waals surface area (Å²) in [5.74, 6) is 0.985. The molecule has 0 aliphatic heterocycles.